The third-order valence-corrected chi connectivity index (χ3v) is 4.17. The van der Waals surface area contributed by atoms with Crippen LogP contribution in [0.25, 0.3) is 0 Å². The Hall–Kier alpha value is -1.62. The predicted molar refractivity (Wildman–Crippen MR) is 89.9 cm³/mol. The molecule has 0 saturated carbocycles. The molecule has 0 atom stereocenters. The van der Waals surface area contributed by atoms with Crippen molar-refractivity contribution in [2.45, 2.75) is 52.6 Å². The minimum absolute atomic E-state index is 1.01. The van der Waals surface area contributed by atoms with Gasteiger partial charge in [-0.1, -0.05) is 0 Å². The van der Waals surface area contributed by atoms with Gasteiger partial charge in [0.05, 0.1) is 0 Å². The number of aryl methyl sites for hydroxylation is 4. The van der Waals surface area contributed by atoms with Crippen LogP contribution in [0.1, 0.15) is 38.3 Å². The molecule has 0 fully saturated rings. The van der Waals surface area contributed by atoms with Gasteiger partial charge < -0.3 is 14.0 Å². The van der Waals surface area contributed by atoms with Crippen LogP contribution >= 0.6 is 0 Å². The van der Waals surface area contributed by atoms with Crippen molar-refractivity contribution in [3.05, 3.63) is 36.4 Å². The maximum absolute atomic E-state index is 4.43. The molecule has 0 saturated heterocycles. The summed E-state index contributed by atoms with van der Waals surface area (Å²) in [5, 5.41) is 0. The van der Waals surface area contributed by atoms with Gasteiger partial charge in [-0.3, -0.25) is 0 Å². The number of hydrogen-bond donors (Lipinski definition) is 0. The van der Waals surface area contributed by atoms with Crippen LogP contribution in [-0.4, -0.2) is 44.1 Å². The Morgan fingerprint density at radius 1 is 0.864 bits per heavy atom. The van der Waals surface area contributed by atoms with Crippen LogP contribution in [-0.2, 0) is 25.9 Å². The number of rotatable bonds is 10. The van der Waals surface area contributed by atoms with E-state index in [2.05, 4.69) is 57.3 Å². The number of imidazole rings is 2. The van der Waals surface area contributed by atoms with Gasteiger partial charge in [0, 0.05) is 50.7 Å². The average Bonchev–Trinajstić information content (AvgIpc) is 3.15. The minimum Gasteiger partial charge on any atom is -0.335 e. The molecule has 5 nitrogen and oxygen atoms in total. The van der Waals surface area contributed by atoms with Gasteiger partial charge in [-0.05, 0) is 46.8 Å². The molecule has 0 radical (unpaired) electrons. The van der Waals surface area contributed by atoms with Crippen LogP contribution in [0.2, 0.25) is 0 Å². The Balaban J connectivity index is 1.63. The number of aromatic nitrogens is 4. The monoisotopic (exact) mass is 303 g/mol. The second kappa shape index (κ2) is 8.73. The highest BCUT2D eigenvalue weighted by Gasteiger charge is 2.05. The van der Waals surface area contributed by atoms with Crippen LogP contribution in [0, 0.1) is 0 Å². The van der Waals surface area contributed by atoms with Crippen LogP contribution in [0.4, 0.5) is 0 Å². The van der Waals surface area contributed by atoms with Crippen molar-refractivity contribution in [3.63, 3.8) is 0 Å². The van der Waals surface area contributed by atoms with Crippen molar-refractivity contribution in [2.75, 3.05) is 20.1 Å². The third-order valence-electron chi connectivity index (χ3n) is 4.17. The van der Waals surface area contributed by atoms with Crippen LogP contribution < -0.4 is 0 Å². The molecule has 2 rings (SSSR count). The maximum atomic E-state index is 4.43. The van der Waals surface area contributed by atoms with Gasteiger partial charge in [0.2, 0.25) is 0 Å². The summed E-state index contributed by atoms with van der Waals surface area (Å²) >= 11 is 0. The molecular formula is C17H29N5. The standard InChI is InChI=1S/C17H29N5/c1-4-21-14-10-18-16(21)8-6-12-20(3)13-7-9-17-19-11-15-22(17)5-2/h10-11,14-15H,4-9,12-13H2,1-3H3. The second-order valence-corrected chi connectivity index (χ2v) is 5.77. The molecule has 0 amide bonds. The molecule has 0 aromatic carbocycles. The Kier molecular flexibility index (Phi) is 6.65. The largest absolute Gasteiger partial charge is 0.335 e. The highest BCUT2D eigenvalue weighted by atomic mass is 15.1. The lowest BCUT2D eigenvalue weighted by Crippen LogP contribution is -2.22. The van der Waals surface area contributed by atoms with Crippen molar-refractivity contribution < 1.29 is 0 Å². The molecule has 0 unspecified atom stereocenters. The normalized spacial score (nSPS) is 11.5. The van der Waals surface area contributed by atoms with E-state index < -0.39 is 0 Å². The summed E-state index contributed by atoms with van der Waals surface area (Å²) in [5.74, 6) is 2.42. The third kappa shape index (κ3) is 4.70. The van der Waals surface area contributed by atoms with Gasteiger partial charge >= 0.3 is 0 Å². The quantitative estimate of drug-likeness (QED) is 0.677. The second-order valence-electron chi connectivity index (χ2n) is 5.77. The zero-order valence-corrected chi connectivity index (χ0v) is 14.2. The maximum Gasteiger partial charge on any atom is 0.108 e. The van der Waals surface area contributed by atoms with E-state index in [4.69, 9.17) is 0 Å². The van der Waals surface area contributed by atoms with Crippen molar-refractivity contribution >= 4 is 0 Å². The molecule has 0 aliphatic rings. The molecule has 22 heavy (non-hydrogen) atoms. The summed E-state index contributed by atoms with van der Waals surface area (Å²) in [5.41, 5.74) is 0. The fourth-order valence-corrected chi connectivity index (χ4v) is 2.84. The molecule has 122 valence electrons. The fraction of sp³-hybridized carbons (Fsp3) is 0.647. The van der Waals surface area contributed by atoms with Gasteiger partial charge in [0.15, 0.2) is 0 Å². The molecule has 5 heteroatoms. The zero-order chi connectivity index (χ0) is 15.8. The molecule has 0 N–H and O–H groups in total. The SMILES string of the molecule is CCn1ccnc1CCCN(C)CCCc1nccn1CC. The van der Waals surface area contributed by atoms with Crippen molar-refractivity contribution in [2.24, 2.45) is 0 Å². The van der Waals surface area contributed by atoms with Gasteiger partial charge in [-0.15, -0.1) is 0 Å². The first-order chi connectivity index (χ1) is 10.7. The first kappa shape index (κ1) is 16.7. The summed E-state index contributed by atoms with van der Waals surface area (Å²) in [7, 11) is 2.21. The van der Waals surface area contributed by atoms with Crippen molar-refractivity contribution in [3.8, 4) is 0 Å². The Morgan fingerprint density at radius 2 is 1.32 bits per heavy atom. The lowest BCUT2D eigenvalue weighted by atomic mass is 10.2. The Labute approximate surface area is 134 Å². The van der Waals surface area contributed by atoms with Gasteiger partial charge in [-0.25, -0.2) is 9.97 Å². The van der Waals surface area contributed by atoms with E-state index in [0.29, 0.717) is 0 Å². The molecule has 2 aromatic heterocycles. The molecule has 2 heterocycles. The molecule has 0 spiro atoms. The van der Waals surface area contributed by atoms with E-state index >= 15 is 0 Å². The van der Waals surface area contributed by atoms with E-state index in [1.54, 1.807) is 0 Å². The smallest absolute Gasteiger partial charge is 0.108 e. The topological polar surface area (TPSA) is 38.9 Å². The first-order valence-corrected chi connectivity index (χ1v) is 8.43. The van der Waals surface area contributed by atoms with E-state index in [1.165, 1.54) is 11.6 Å². The van der Waals surface area contributed by atoms with Gasteiger partial charge in [-0.2, -0.15) is 0 Å². The van der Waals surface area contributed by atoms with Gasteiger partial charge in [0.1, 0.15) is 11.6 Å². The highest BCUT2D eigenvalue weighted by molar-refractivity contribution is 4.93. The predicted octanol–water partition coefficient (Wildman–Crippen LogP) is 2.62. The summed E-state index contributed by atoms with van der Waals surface area (Å²) < 4.78 is 4.45. The molecule has 0 aliphatic carbocycles. The number of hydrogen-bond acceptors (Lipinski definition) is 3. The molecule has 0 aliphatic heterocycles. The highest BCUT2D eigenvalue weighted by Crippen LogP contribution is 2.04. The molecule has 0 bridgehead atoms. The van der Waals surface area contributed by atoms with E-state index in [0.717, 1.165) is 51.9 Å². The van der Waals surface area contributed by atoms with Crippen LogP contribution in [0.15, 0.2) is 24.8 Å². The molecule has 2 aromatic rings. The Bertz CT molecular complexity index is 494. The minimum atomic E-state index is 1.01. The van der Waals surface area contributed by atoms with Crippen LogP contribution in [0.5, 0.6) is 0 Å². The Morgan fingerprint density at radius 3 is 1.73 bits per heavy atom. The van der Waals surface area contributed by atoms with Gasteiger partial charge in [0.25, 0.3) is 0 Å². The van der Waals surface area contributed by atoms with Crippen LogP contribution in [0.3, 0.4) is 0 Å². The van der Waals surface area contributed by atoms with Crippen molar-refractivity contribution in [1.82, 2.24) is 24.0 Å². The summed E-state index contributed by atoms with van der Waals surface area (Å²) in [6, 6.07) is 0. The lowest BCUT2D eigenvalue weighted by Gasteiger charge is -2.16. The fourth-order valence-electron chi connectivity index (χ4n) is 2.84. The summed E-state index contributed by atoms with van der Waals surface area (Å²) in [6.07, 6.45) is 12.4. The van der Waals surface area contributed by atoms with Crippen molar-refractivity contribution in [1.29, 1.82) is 0 Å². The number of nitrogens with zero attached hydrogens (tertiary/aromatic N) is 5. The average molecular weight is 303 g/mol. The lowest BCUT2D eigenvalue weighted by molar-refractivity contribution is 0.322. The van der Waals surface area contributed by atoms with E-state index in [-0.39, 0.29) is 0 Å². The van der Waals surface area contributed by atoms with E-state index in [1.807, 2.05) is 12.4 Å². The summed E-state index contributed by atoms with van der Waals surface area (Å²) in [6.45, 7) is 8.59. The first-order valence-electron chi connectivity index (χ1n) is 8.43. The van der Waals surface area contributed by atoms with E-state index in [9.17, 15) is 0 Å². The molecular weight excluding hydrogens is 274 g/mol. The summed E-state index contributed by atoms with van der Waals surface area (Å²) in [4.78, 5) is 11.3. The zero-order valence-electron chi connectivity index (χ0n) is 14.2.